The van der Waals surface area contributed by atoms with Gasteiger partial charge in [0.15, 0.2) is 0 Å². The van der Waals surface area contributed by atoms with E-state index in [-0.39, 0.29) is 5.92 Å². The van der Waals surface area contributed by atoms with Gasteiger partial charge in [0.1, 0.15) is 16.1 Å². The van der Waals surface area contributed by atoms with Gasteiger partial charge in [0.05, 0.1) is 11.6 Å². The van der Waals surface area contributed by atoms with Gasteiger partial charge in [-0.3, -0.25) is 4.79 Å². The molecule has 1 unspecified atom stereocenters. The van der Waals surface area contributed by atoms with Crippen LogP contribution in [0.25, 0.3) is 0 Å². The van der Waals surface area contributed by atoms with E-state index in [0.717, 1.165) is 5.56 Å². The molecule has 0 fully saturated rings. The van der Waals surface area contributed by atoms with E-state index in [2.05, 4.69) is 4.40 Å². The highest BCUT2D eigenvalue weighted by Gasteiger charge is 2.36. The molecule has 0 radical (unpaired) electrons. The van der Waals surface area contributed by atoms with Crippen LogP contribution >= 0.6 is 0 Å². The number of rotatable bonds is 7. The van der Waals surface area contributed by atoms with Crippen molar-refractivity contribution >= 4 is 23.5 Å². The lowest BCUT2D eigenvalue weighted by Crippen LogP contribution is -2.34. The molecule has 0 heterocycles. The molecule has 1 aromatic rings. The van der Waals surface area contributed by atoms with E-state index < -0.39 is 27.5 Å². The Hall–Kier alpha value is -1.33. The fraction of sp³-hybridized carbons (Fsp3) is 0.556. The highest BCUT2D eigenvalue weighted by Crippen LogP contribution is 2.32. The zero-order chi connectivity index (χ0) is 17.7. The molecule has 5 heteroatoms. The Balaban J connectivity index is 2.88. The van der Waals surface area contributed by atoms with E-state index in [1.807, 2.05) is 51.1 Å². The summed E-state index contributed by atoms with van der Waals surface area (Å²) in [5.74, 6) is -0.952. The minimum Gasteiger partial charge on any atom is -0.591 e. The van der Waals surface area contributed by atoms with Crippen LogP contribution in [0.1, 0.15) is 46.6 Å². The Morgan fingerprint density at radius 2 is 1.83 bits per heavy atom. The van der Waals surface area contributed by atoms with Crippen molar-refractivity contribution in [3.8, 4) is 0 Å². The molecule has 1 rings (SSSR count). The first-order valence-corrected chi connectivity index (χ1v) is 8.87. The SMILES string of the molecule is CC(C)(C(=O)O)C(CC=N[S@@+]([O-])C(C)(C)C)Cc1ccccc1. The van der Waals surface area contributed by atoms with Gasteiger partial charge in [-0.1, -0.05) is 34.7 Å². The summed E-state index contributed by atoms with van der Waals surface area (Å²) in [4.78, 5) is 11.6. The molecule has 0 saturated heterocycles. The average Bonchev–Trinajstić information content (AvgIpc) is 2.45. The molecule has 0 aliphatic carbocycles. The molecule has 23 heavy (non-hydrogen) atoms. The molecule has 0 bridgehead atoms. The predicted octanol–water partition coefficient (Wildman–Crippen LogP) is 3.88. The third kappa shape index (κ3) is 5.99. The molecular weight excluding hydrogens is 310 g/mol. The molecular formula is C18H27NO3S. The molecule has 0 saturated carbocycles. The molecule has 128 valence electrons. The fourth-order valence-electron chi connectivity index (χ4n) is 2.10. The fourth-order valence-corrected chi connectivity index (χ4v) is 2.64. The molecule has 0 aromatic heterocycles. The maximum atomic E-state index is 12.0. The highest BCUT2D eigenvalue weighted by molar-refractivity contribution is 7.91. The normalized spacial score (nSPS) is 15.6. The summed E-state index contributed by atoms with van der Waals surface area (Å²) in [6.07, 6.45) is 2.75. The lowest BCUT2D eigenvalue weighted by atomic mass is 9.74. The van der Waals surface area contributed by atoms with Crippen molar-refractivity contribution in [2.24, 2.45) is 15.7 Å². The third-order valence-electron chi connectivity index (χ3n) is 3.98. The van der Waals surface area contributed by atoms with Crippen LogP contribution in [-0.4, -0.2) is 26.6 Å². The van der Waals surface area contributed by atoms with Crippen LogP contribution < -0.4 is 0 Å². The van der Waals surface area contributed by atoms with E-state index in [4.69, 9.17) is 0 Å². The minimum atomic E-state index is -1.32. The summed E-state index contributed by atoms with van der Waals surface area (Å²) in [7, 11) is 0. The van der Waals surface area contributed by atoms with Crippen molar-refractivity contribution < 1.29 is 14.5 Å². The van der Waals surface area contributed by atoms with Gasteiger partial charge in [-0.2, -0.15) is 0 Å². The van der Waals surface area contributed by atoms with Crippen LogP contribution in [0.5, 0.6) is 0 Å². The van der Waals surface area contributed by atoms with Gasteiger partial charge in [-0.05, 0) is 58.9 Å². The first-order chi connectivity index (χ1) is 10.5. The van der Waals surface area contributed by atoms with Gasteiger partial charge in [0, 0.05) is 0 Å². The van der Waals surface area contributed by atoms with Gasteiger partial charge in [-0.25, -0.2) is 0 Å². The van der Waals surface area contributed by atoms with E-state index in [1.54, 1.807) is 20.1 Å². The second kappa shape index (κ2) is 7.97. The van der Waals surface area contributed by atoms with Crippen LogP contribution in [-0.2, 0) is 22.6 Å². The zero-order valence-corrected chi connectivity index (χ0v) is 15.4. The topological polar surface area (TPSA) is 72.7 Å². The Morgan fingerprint density at radius 3 is 2.30 bits per heavy atom. The van der Waals surface area contributed by atoms with Gasteiger partial charge in [-0.15, -0.1) is 0 Å². The third-order valence-corrected chi connectivity index (χ3v) is 5.37. The van der Waals surface area contributed by atoms with Gasteiger partial charge in [0.2, 0.25) is 0 Å². The second-order valence-corrected chi connectivity index (χ2v) is 9.23. The molecule has 1 aromatic carbocycles. The number of carboxylic acids is 1. The van der Waals surface area contributed by atoms with Crippen molar-refractivity contribution in [3.63, 3.8) is 0 Å². The van der Waals surface area contributed by atoms with Gasteiger partial charge >= 0.3 is 5.97 Å². The van der Waals surface area contributed by atoms with Gasteiger partial charge < -0.3 is 9.66 Å². The Morgan fingerprint density at radius 1 is 1.26 bits per heavy atom. The smallest absolute Gasteiger partial charge is 0.309 e. The average molecular weight is 337 g/mol. The number of carboxylic acid groups (broad SMARTS) is 1. The lowest BCUT2D eigenvalue weighted by Gasteiger charge is -2.29. The standard InChI is InChI=1S/C18H27NO3S/c1-17(2,3)23(22)19-12-11-15(18(4,5)16(20)21)13-14-9-7-6-8-10-14/h6-10,12,15H,11,13H2,1-5H3,(H,20,21)/t15?,23-/m0/s1. The Kier molecular flexibility index (Phi) is 6.84. The maximum Gasteiger partial charge on any atom is 0.309 e. The molecule has 0 amide bonds. The molecule has 2 atom stereocenters. The summed E-state index contributed by atoms with van der Waals surface area (Å²) in [5, 5.41) is 9.52. The van der Waals surface area contributed by atoms with Crippen LogP contribution in [0.15, 0.2) is 34.7 Å². The summed E-state index contributed by atoms with van der Waals surface area (Å²) in [6.45, 7) is 9.06. The number of carbonyl (C=O) groups is 1. The molecule has 1 N–H and O–H groups in total. The Labute approximate surface area is 142 Å². The van der Waals surface area contributed by atoms with Crippen molar-refractivity contribution in [2.45, 2.75) is 52.2 Å². The molecule has 0 spiro atoms. The Bertz CT molecular complexity index is 535. The van der Waals surface area contributed by atoms with Crippen LogP contribution in [0.4, 0.5) is 0 Å². The number of hydrogen-bond donors (Lipinski definition) is 1. The monoisotopic (exact) mass is 337 g/mol. The van der Waals surface area contributed by atoms with Crippen molar-refractivity contribution in [1.29, 1.82) is 0 Å². The largest absolute Gasteiger partial charge is 0.591 e. The summed E-state index contributed by atoms with van der Waals surface area (Å²) in [5.41, 5.74) is 0.211. The first kappa shape index (κ1) is 19.7. The first-order valence-electron chi connectivity index (χ1n) is 7.77. The number of benzene rings is 1. The quantitative estimate of drug-likeness (QED) is 0.606. The summed E-state index contributed by atoms with van der Waals surface area (Å²) < 4.78 is 15.7. The maximum absolute atomic E-state index is 12.0. The van der Waals surface area contributed by atoms with Crippen molar-refractivity contribution in [2.75, 3.05) is 0 Å². The van der Waals surface area contributed by atoms with Gasteiger partial charge in [0.25, 0.3) is 0 Å². The minimum absolute atomic E-state index is 0.122. The van der Waals surface area contributed by atoms with Crippen LogP contribution in [0, 0.1) is 11.3 Å². The lowest BCUT2D eigenvalue weighted by molar-refractivity contribution is -0.149. The van der Waals surface area contributed by atoms with Crippen LogP contribution in [0.2, 0.25) is 0 Å². The summed E-state index contributed by atoms with van der Waals surface area (Å²) >= 11 is -1.32. The van der Waals surface area contributed by atoms with Crippen LogP contribution in [0.3, 0.4) is 0 Å². The second-order valence-electron chi connectivity index (χ2n) is 7.30. The molecule has 0 aliphatic heterocycles. The van der Waals surface area contributed by atoms with Crippen molar-refractivity contribution in [3.05, 3.63) is 35.9 Å². The van der Waals surface area contributed by atoms with Crippen molar-refractivity contribution in [1.82, 2.24) is 0 Å². The van der Waals surface area contributed by atoms with E-state index >= 15 is 0 Å². The number of hydrogen-bond acceptors (Lipinski definition) is 3. The number of nitrogens with zero attached hydrogens (tertiary/aromatic N) is 1. The highest BCUT2D eigenvalue weighted by atomic mass is 32.2. The predicted molar refractivity (Wildman–Crippen MR) is 96.1 cm³/mol. The van der Waals surface area contributed by atoms with E-state index in [9.17, 15) is 14.5 Å². The van der Waals surface area contributed by atoms with E-state index in [0.29, 0.717) is 12.8 Å². The van der Waals surface area contributed by atoms with E-state index in [1.165, 1.54) is 0 Å². The summed E-state index contributed by atoms with van der Waals surface area (Å²) in [6, 6.07) is 9.82. The molecule has 0 aliphatic rings. The molecule has 4 nitrogen and oxygen atoms in total. The zero-order valence-electron chi connectivity index (χ0n) is 14.6. The number of aliphatic carboxylic acids is 1.